The molecule has 0 saturated heterocycles. The number of ketones is 1. The van der Waals surface area contributed by atoms with Crippen molar-refractivity contribution in [1.29, 1.82) is 0 Å². The number of hydrogen-bond donors (Lipinski definition) is 1. The smallest absolute Gasteiger partial charge is 0.316 e. The van der Waals surface area contributed by atoms with Crippen LogP contribution in [0, 0.1) is 22.5 Å². The molecule has 2 aromatic heterocycles. The van der Waals surface area contributed by atoms with E-state index in [0.29, 0.717) is 44.2 Å². The molecule has 332 valence electrons. The quantitative estimate of drug-likeness (QED) is 0.139. The number of methoxy groups -OCH3 is 1. The number of carbonyl (C=O) groups is 2. The lowest BCUT2D eigenvalue weighted by molar-refractivity contribution is -0.152. The van der Waals surface area contributed by atoms with E-state index in [0.717, 1.165) is 71.6 Å². The van der Waals surface area contributed by atoms with Gasteiger partial charge in [0, 0.05) is 24.2 Å². The zero-order chi connectivity index (χ0) is 44.4. The lowest BCUT2D eigenvalue weighted by Gasteiger charge is -2.45. The van der Waals surface area contributed by atoms with E-state index in [-0.39, 0.29) is 40.4 Å². The molecule has 0 aliphatic heterocycles. The minimum absolute atomic E-state index is 0.0455. The molecule has 1 N–H and O–H groups in total. The summed E-state index contributed by atoms with van der Waals surface area (Å²) in [5.41, 5.74) is 6.25. The molecule has 0 amide bonds. The second-order valence-electron chi connectivity index (χ2n) is 18.4. The molecule has 2 heterocycles. The number of halogens is 2. The fourth-order valence-corrected chi connectivity index (χ4v) is 12.7. The average molecular weight is 887 g/mol. The highest BCUT2D eigenvalue weighted by molar-refractivity contribution is 7.89. The molecule has 4 fully saturated rings. The van der Waals surface area contributed by atoms with Crippen LogP contribution in [0.2, 0.25) is 0 Å². The van der Waals surface area contributed by atoms with Crippen molar-refractivity contribution in [1.82, 2.24) is 29.2 Å². The van der Waals surface area contributed by atoms with Gasteiger partial charge in [-0.1, -0.05) is 29.3 Å². The third-order valence-electron chi connectivity index (χ3n) is 14.3. The monoisotopic (exact) mass is 886 g/mol. The maximum absolute atomic E-state index is 13.8. The van der Waals surface area contributed by atoms with Gasteiger partial charge in [0.25, 0.3) is 0 Å². The van der Waals surface area contributed by atoms with Crippen molar-refractivity contribution >= 4 is 33.9 Å². The Bertz CT molecular complexity index is 2780. The van der Waals surface area contributed by atoms with Crippen molar-refractivity contribution in [2.75, 3.05) is 7.11 Å². The standard InChI is InChI=1S/C28H28FN3O4S.C22H24FN3O/c1-36-27(33)28-16-19-18-30-31(22-11-8-21(29)9-12-22)26(19)15-20(28)7-10-24(17-28)32(23-13-14-23)37(34,35)25-5-3-2-4-6-25;1-14(27)22-11-15-13-24-26(20-8-3-17(23)4-9-20)21(15)10-16(22)2-5-19(12-22)25-18-6-7-18/h2-6,8-9,11-12,15,18,23-24H,7,10,13-14,16-17H2,1H3;3-4,8-10,13,18-19,25H,2,5-7,11-12H2,1H3/t24-,28-;19-,22+/m00/s1. The Morgan fingerprint density at radius 2 is 1.25 bits per heavy atom. The predicted molar refractivity (Wildman–Crippen MR) is 238 cm³/mol. The third-order valence-corrected chi connectivity index (χ3v) is 16.3. The SMILES string of the molecule is CC(=O)[C@]12Cc3cnn(-c4ccc(F)cc4)c3C=C1CC[C@H](NC1CC1)C2.COC(=O)[C@]12Cc3cnn(-c4ccc(F)cc4)c3C=C1CC[C@H](N(C1CC1)S(=O)(=O)c1ccccc1)C2. The van der Waals surface area contributed by atoms with Crippen LogP contribution in [-0.4, -0.2) is 75.3 Å². The number of carbonyl (C=O) groups excluding carboxylic acids is 2. The molecular formula is C50H52F2N6O5S. The van der Waals surface area contributed by atoms with Gasteiger partial charge in [0.15, 0.2) is 0 Å². The number of rotatable bonds is 10. The molecule has 11 rings (SSSR count). The Morgan fingerprint density at radius 3 is 1.78 bits per heavy atom. The number of hydrogen-bond acceptors (Lipinski definition) is 8. The van der Waals surface area contributed by atoms with Gasteiger partial charge < -0.3 is 10.1 Å². The number of fused-ring (bicyclic) bond motifs is 4. The van der Waals surface area contributed by atoms with Crippen molar-refractivity contribution < 1.29 is 31.5 Å². The van der Waals surface area contributed by atoms with Gasteiger partial charge in [-0.15, -0.1) is 0 Å². The summed E-state index contributed by atoms with van der Waals surface area (Å²) in [6, 6.07) is 21.8. The van der Waals surface area contributed by atoms with Crippen LogP contribution in [0.1, 0.15) is 93.6 Å². The van der Waals surface area contributed by atoms with Crippen molar-refractivity contribution in [2.24, 2.45) is 10.8 Å². The molecule has 11 nitrogen and oxygen atoms in total. The topological polar surface area (TPSA) is 128 Å². The third kappa shape index (κ3) is 7.66. The van der Waals surface area contributed by atoms with Gasteiger partial charge in [-0.05, 0) is 168 Å². The van der Waals surface area contributed by atoms with Crippen molar-refractivity contribution in [3.05, 3.63) is 137 Å². The lowest BCUT2D eigenvalue weighted by atomic mass is 9.61. The summed E-state index contributed by atoms with van der Waals surface area (Å²) in [5.74, 6) is -0.667. The number of benzene rings is 3. The predicted octanol–water partition coefficient (Wildman–Crippen LogP) is 8.35. The molecule has 3 aromatic carbocycles. The van der Waals surface area contributed by atoms with Crippen LogP contribution in [0.3, 0.4) is 0 Å². The van der Waals surface area contributed by atoms with E-state index >= 15 is 0 Å². The average Bonchev–Trinajstić information content (AvgIpc) is 4.23. The van der Waals surface area contributed by atoms with Crippen LogP contribution in [0.25, 0.3) is 23.5 Å². The minimum Gasteiger partial charge on any atom is -0.468 e. The van der Waals surface area contributed by atoms with E-state index in [2.05, 4.69) is 21.6 Å². The molecule has 4 atom stereocenters. The van der Waals surface area contributed by atoms with E-state index in [1.165, 1.54) is 49.8 Å². The first-order chi connectivity index (χ1) is 30.9. The lowest BCUT2D eigenvalue weighted by Crippen LogP contribution is -2.51. The number of nitrogens with one attached hydrogen (secondary N) is 1. The number of ether oxygens (including phenoxy) is 1. The van der Waals surface area contributed by atoms with Gasteiger partial charge in [-0.25, -0.2) is 26.6 Å². The summed E-state index contributed by atoms with van der Waals surface area (Å²) in [4.78, 5) is 26.5. The normalized spacial score (nSPS) is 24.8. The van der Waals surface area contributed by atoms with Gasteiger partial charge in [0.1, 0.15) is 17.4 Å². The molecule has 0 unspecified atom stereocenters. The summed E-state index contributed by atoms with van der Waals surface area (Å²) in [7, 11) is -2.33. The summed E-state index contributed by atoms with van der Waals surface area (Å²) in [6.07, 6.45) is 17.5. The number of esters is 1. The van der Waals surface area contributed by atoms with Crippen LogP contribution in [0.15, 0.2) is 107 Å². The fourth-order valence-electron chi connectivity index (χ4n) is 10.8. The molecule has 4 saturated carbocycles. The Kier molecular flexibility index (Phi) is 10.9. The van der Waals surface area contributed by atoms with E-state index in [4.69, 9.17) is 4.74 Å². The van der Waals surface area contributed by atoms with Crippen molar-refractivity contribution in [3.8, 4) is 11.4 Å². The summed E-state index contributed by atoms with van der Waals surface area (Å²) >= 11 is 0. The highest BCUT2D eigenvalue weighted by Crippen LogP contribution is 2.52. The molecule has 0 bridgehead atoms. The number of sulfonamides is 1. The van der Waals surface area contributed by atoms with Crippen LogP contribution < -0.4 is 5.32 Å². The highest BCUT2D eigenvalue weighted by Gasteiger charge is 2.54. The summed E-state index contributed by atoms with van der Waals surface area (Å²) in [6.45, 7) is 1.74. The first-order valence-electron chi connectivity index (χ1n) is 22.4. The maximum atomic E-state index is 13.8. The van der Waals surface area contributed by atoms with E-state index < -0.39 is 20.9 Å². The first-order valence-corrected chi connectivity index (χ1v) is 23.8. The van der Waals surface area contributed by atoms with E-state index in [9.17, 15) is 26.8 Å². The number of allylic oxidation sites excluding steroid dienone is 1. The van der Waals surface area contributed by atoms with Gasteiger partial charge in [0.2, 0.25) is 10.0 Å². The number of nitrogens with zero attached hydrogens (tertiary/aromatic N) is 5. The van der Waals surface area contributed by atoms with Gasteiger partial charge in [-0.2, -0.15) is 14.5 Å². The summed E-state index contributed by atoms with van der Waals surface area (Å²) < 4.78 is 64.9. The van der Waals surface area contributed by atoms with Gasteiger partial charge in [0.05, 0.1) is 58.0 Å². The number of Topliss-reactive ketones (excluding diaryl/α,β-unsaturated/α-hetero) is 1. The molecule has 0 radical (unpaired) electrons. The zero-order valence-electron chi connectivity index (χ0n) is 36.1. The second kappa shape index (κ2) is 16.5. The highest BCUT2D eigenvalue weighted by atomic mass is 32.2. The minimum atomic E-state index is -3.72. The van der Waals surface area contributed by atoms with Gasteiger partial charge >= 0.3 is 5.97 Å². The molecule has 64 heavy (non-hydrogen) atoms. The zero-order valence-corrected chi connectivity index (χ0v) is 36.9. The molecular weight excluding hydrogens is 835 g/mol. The largest absolute Gasteiger partial charge is 0.468 e. The van der Waals surface area contributed by atoms with Gasteiger partial charge in [-0.3, -0.25) is 9.59 Å². The molecule has 0 spiro atoms. The van der Waals surface area contributed by atoms with Crippen molar-refractivity contribution in [2.45, 2.75) is 113 Å². The molecule has 6 aliphatic carbocycles. The molecule has 14 heteroatoms. The van der Waals surface area contributed by atoms with Crippen LogP contribution >= 0.6 is 0 Å². The van der Waals surface area contributed by atoms with E-state index in [1.54, 1.807) is 76.7 Å². The molecule has 6 aliphatic rings. The number of aromatic nitrogens is 4. The Hall–Kier alpha value is -5.57. The van der Waals surface area contributed by atoms with Crippen molar-refractivity contribution in [3.63, 3.8) is 0 Å². The first kappa shape index (κ1) is 42.4. The van der Waals surface area contributed by atoms with Crippen LogP contribution in [-0.2, 0) is 37.2 Å². The second-order valence-corrected chi connectivity index (χ2v) is 20.3. The Labute approximate surface area is 372 Å². The van der Waals surface area contributed by atoms with Crippen LogP contribution in [0.5, 0.6) is 0 Å². The molecule has 5 aromatic rings. The maximum Gasteiger partial charge on any atom is 0.316 e. The fraction of sp³-hybridized carbons (Fsp3) is 0.400. The Morgan fingerprint density at radius 1 is 0.703 bits per heavy atom. The Balaban J connectivity index is 0.000000159. The van der Waals surface area contributed by atoms with E-state index in [1.807, 2.05) is 17.0 Å². The van der Waals surface area contributed by atoms with Crippen LogP contribution in [0.4, 0.5) is 8.78 Å². The summed E-state index contributed by atoms with van der Waals surface area (Å²) in [5, 5.41) is 12.8.